The Morgan fingerprint density at radius 3 is 2.68 bits per heavy atom. The van der Waals surface area contributed by atoms with Gasteiger partial charge in [0.2, 0.25) is 5.82 Å². The largest absolute Gasteiger partial charge is 0.397 e. The van der Waals surface area contributed by atoms with Crippen LogP contribution in [-0.2, 0) is 4.74 Å². The standard InChI is InChI=1S/C13H18N4O2/c1-13(2,3)10(18-4)11-16-12(19-17-11)8-5-6-15-7-9(8)14/h5-7,10H,14H2,1-4H3. The second-order valence-electron chi connectivity index (χ2n) is 5.40. The molecule has 2 aromatic rings. The summed E-state index contributed by atoms with van der Waals surface area (Å²) >= 11 is 0. The van der Waals surface area contributed by atoms with Crippen LogP contribution in [0.4, 0.5) is 5.69 Å². The van der Waals surface area contributed by atoms with E-state index in [0.29, 0.717) is 23.0 Å². The van der Waals surface area contributed by atoms with Crippen LogP contribution in [0.3, 0.4) is 0 Å². The predicted octanol–water partition coefficient (Wildman–Crippen LogP) is 2.45. The summed E-state index contributed by atoms with van der Waals surface area (Å²) in [7, 11) is 1.63. The molecular weight excluding hydrogens is 244 g/mol. The van der Waals surface area contributed by atoms with Gasteiger partial charge in [-0.1, -0.05) is 25.9 Å². The van der Waals surface area contributed by atoms with Gasteiger partial charge in [0.15, 0.2) is 0 Å². The van der Waals surface area contributed by atoms with Crippen molar-refractivity contribution in [2.45, 2.75) is 26.9 Å². The molecule has 1 atom stereocenters. The van der Waals surface area contributed by atoms with Crippen molar-refractivity contribution in [3.05, 3.63) is 24.3 Å². The first-order valence-corrected chi connectivity index (χ1v) is 5.99. The van der Waals surface area contributed by atoms with Crippen molar-refractivity contribution in [3.8, 4) is 11.5 Å². The minimum atomic E-state index is -0.243. The van der Waals surface area contributed by atoms with Gasteiger partial charge < -0.3 is 15.0 Å². The number of ether oxygens (including phenoxy) is 1. The van der Waals surface area contributed by atoms with Gasteiger partial charge in [-0.3, -0.25) is 4.98 Å². The molecule has 2 rings (SSSR count). The number of anilines is 1. The molecule has 2 N–H and O–H groups in total. The molecule has 0 spiro atoms. The van der Waals surface area contributed by atoms with Crippen LogP contribution in [-0.4, -0.2) is 22.2 Å². The molecule has 6 heteroatoms. The van der Waals surface area contributed by atoms with E-state index in [4.69, 9.17) is 15.0 Å². The Labute approximate surface area is 112 Å². The Kier molecular flexibility index (Phi) is 3.53. The van der Waals surface area contributed by atoms with E-state index in [0.717, 1.165) is 0 Å². The first-order chi connectivity index (χ1) is 8.93. The summed E-state index contributed by atoms with van der Waals surface area (Å²) in [6, 6.07) is 1.74. The van der Waals surface area contributed by atoms with Crippen LogP contribution in [0.15, 0.2) is 23.0 Å². The molecule has 102 valence electrons. The summed E-state index contributed by atoms with van der Waals surface area (Å²) in [6.07, 6.45) is 2.94. The van der Waals surface area contributed by atoms with Crippen molar-refractivity contribution in [2.24, 2.45) is 5.41 Å². The molecule has 19 heavy (non-hydrogen) atoms. The van der Waals surface area contributed by atoms with E-state index < -0.39 is 0 Å². The molecule has 0 saturated heterocycles. The quantitative estimate of drug-likeness (QED) is 0.914. The first kappa shape index (κ1) is 13.5. The van der Waals surface area contributed by atoms with Gasteiger partial charge in [0.25, 0.3) is 5.89 Å². The lowest BCUT2D eigenvalue weighted by molar-refractivity contribution is 0.00718. The summed E-state index contributed by atoms with van der Waals surface area (Å²) in [6.45, 7) is 6.16. The van der Waals surface area contributed by atoms with Gasteiger partial charge in [0.1, 0.15) is 6.10 Å². The second-order valence-corrected chi connectivity index (χ2v) is 5.40. The maximum Gasteiger partial charge on any atom is 0.260 e. The molecule has 0 aliphatic heterocycles. The van der Waals surface area contributed by atoms with E-state index in [-0.39, 0.29) is 11.5 Å². The third-order valence-corrected chi connectivity index (χ3v) is 2.78. The molecular formula is C13H18N4O2. The molecule has 0 aliphatic carbocycles. The normalized spacial score (nSPS) is 13.5. The zero-order valence-electron chi connectivity index (χ0n) is 11.5. The Morgan fingerprint density at radius 1 is 1.37 bits per heavy atom. The molecule has 0 amide bonds. The topological polar surface area (TPSA) is 87.1 Å². The van der Waals surface area contributed by atoms with Crippen LogP contribution in [0.1, 0.15) is 32.7 Å². The van der Waals surface area contributed by atoms with E-state index in [1.54, 1.807) is 25.6 Å². The Balaban J connectivity index is 2.37. The van der Waals surface area contributed by atoms with Crippen molar-refractivity contribution in [1.29, 1.82) is 0 Å². The van der Waals surface area contributed by atoms with E-state index in [9.17, 15) is 0 Å². The molecule has 2 aromatic heterocycles. The van der Waals surface area contributed by atoms with E-state index in [1.165, 1.54) is 0 Å². The lowest BCUT2D eigenvalue weighted by atomic mass is 9.88. The lowest BCUT2D eigenvalue weighted by Gasteiger charge is -2.26. The minimum Gasteiger partial charge on any atom is -0.397 e. The number of nitrogens with zero attached hydrogens (tertiary/aromatic N) is 3. The summed E-state index contributed by atoms with van der Waals surface area (Å²) in [5.74, 6) is 0.891. The van der Waals surface area contributed by atoms with Crippen molar-refractivity contribution in [2.75, 3.05) is 12.8 Å². The maximum absolute atomic E-state index is 5.83. The Hall–Kier alpha value is -1.95. The van der Waals surface area contributed by atoms with Gasteiger partial charge in [-0.15, -0.1) is 0 Å². The number of nitrogens with two attached hydrogens (primary N) is 1. The Bertz CT molecular complexity index is 560. The third-order valence-electron chi connectivity index (χ3n) is 2.78. The average molecular weight is 262 g/mol. The number of methoxy groups -OCH3 is 1. The highest BCUT2D eigenvalue weighted by molar-refractivity contribution is 5.68. The third kappa shape index (κ3) is 2.73. The van der Waals surface area contributed by atoms with Gasteiger partial charge in [-0.25, -0.2) is 0 Å². The van der Waals surface area contributed by atoms with Crippen molar-refractivity contribution in [1.82, 2.24) is 15.1 Å². The molecule has 6 nitrogen and oxygen atoms in total. The van der Waals surface area contributed by atoms with Crippen molar-refractivity contribution >= 4 is 5.69 Å². The van der Waals surface area contributed by atoms with Crippen LogP contribution >= 0.6 is 0 Å². The number of nitrogen functional groups attached to an aromatic ring is 1. The van der Waals surface area contributed by atoms with Crippen LogP contribution in [0, 0.1) is 5.41 Å². The molecule has 0 aliphatic rings. The van der Waals surface area contributed by atoms with E-state index in [2.05, 4.69) is 35.9 Å². The number of aromatic nitrogens is 3. The van der Waals surface area contributed by atoms with E-state index in [1.807, 2.05) is 0 Å². The number of pyridine rings is 1. The van der Waals surface area contributed by atoms with Gasteiger partial charge in [0, 0.05) is 13.3 Å². The summed E-state index contributed by atoms with van der Waals surface area (Å²) < 4.78 is 10.7. The Morgan fingerprint density at radius 2 is 2.11 bits per heavy atom. The number of hydrogen-bond acceptors (Lipinski definition) is 6. The number of hydrogen-bond donors (Lipinski definition) is 1. The van der Waals surface area contributed by atoms with Crippen molar-refractivity contribution in [3.63, 3.8) is 0 Å². The molecule has 0 radical (unpaired) electrons. The molecule has 0 aromatic carbocycles. The highest BCUT2D eigenvalue weighted by atomic mass is 16.5. The zero-order valence-corrected chi connectivity index (χ0v) is 11.5. The fraction of sp³-hybridized carbons (Fsp3) is 0.462. The fourth-order valence-electron chi connectivity index (χ4n) is 1.90. The SMILES string of the molecule is COC(c1noc(-c2ccncc2N)n1)C(C)(C)C. The molecule has 1 unspecified atom stereocenters. The van der Waals surface area contributed by atoms with Gasteiger partial charge in [-0.05, 0) is 11.5 Å². The molecule has 2 heterocycles. The monoisotopic (exact) mass is 262 g/mol. The average Bonchev–Trinajstić information content (AvgIpc) is 2.78. The van der Waals surface area contributed by atoms with Gasteiger partial charge >= 0.3 is 0 Å². The van der Waals surface area contributed by atoms with Crippen molar-refractivity contribution < 1.29 is 9.26 Å². The predicted molar refractivity (Wildman–Crippen MR) is 71.1 cm³/mol. The van der Waals surface area contributed by atoms with Gasteiger partial charge in [-0.2, -0.15) is 4.98 Å². The lowest BCUT2D eigenvalue weighted by Crippen LogP contribution is -2.21. The molecule has 0 saturated carbocycles. The highest BCUT2D eigenvalue weighted by Crippen LogP contribution is 2.35. The first-order valence-electron chi connectivity index (χ1n) is 5.99. The second kappa shape index (κ2) is 4.97. The van der Waals surface area contributed by atoms with Gasteiger partial charge in [0.05, 0.1) is 17.4 Å². The van der Waals surface area contributed by atoms with Crippen LogP contribution in [0.2, 0.25) is 0 Å². The summed E-state index contributed by atoms with van der Waals surface area (Å²) in [5, 5.41) is 3.98. The molecule has 0 fully saturated rings. The fourth-order valence-corrected chi connectivity index (χ4v) is 1.90. The molecule has 0 bridgehead atoms. The van der Waals surface area contributed by atoms with Crippen LogP contribution in [0.5, 0.6) is 0 Å². The number of rotatable bonds is 3. The van der Waals surface area contributed by atoms with Crippen LogP contribution in [0.25, 0.3) is 11.5 Å². The van der Waals surface area contributed by atoms with E-state index >= 15 is 0 Å². The highest BCUT2D eigenvalue weighted by Gasteiger charge is 2.30. The van der Waals surface area contributed by atoms with Crippen LogP contribution < -0.4 is 5.73 Å². The summed E-state index contributed by atoms with van der Waals surface area (Å²) in [5.41, 5.74) is 6.89. The summed E-state index contributed by atoms with van der Waals surface area (Å²) in [4.78, 5) is 8.30. The smallest absolute Gasteiger partial charge is 0.260 e. The maximum atomic E-state index is 5.83. The zero-order chi connectivity index (χ0) is 14.0. The minimum absolute atomic E-state index is 0.125.